The number of nitrogens with one attached hydrogen (secondary N) is 1. The van der Waals surface area contributed by atoms with E-state index in [4.69, 9.17) is 4.74 Å². The van der Waals surface area contributed by atoms with Crippen LogP contribution in [0.15, 0.2) is 21.7 Å². The van der Waals surface area contributed by atoms with Crippen LogP contribution in [0.4, 0.5) is 5.69 Å². The molecule has 0 unspecified atom stereocenters. The Morgan fingerprint density at radius 2 is 2.27 bits per heavy atom. The highest BCUT2D eigenvalue weighted by Gasteiger charge is 2.33. The Bertz CT molecular complexity index is 429. The average molecular weight is 270 g/mol. The highest BCUT2D eigenvalue weighted by Crippen LogP contribution is 2.33. The number of hydrogen-bond donors (Lipinski definition) is 1. The van der Waals surface area contributed by atoms with E-state index in [0.717, 1.165) is 10.2 Å². The van der Waals surface area contributed by atoms with E-state index in [1.165, 1.54) is 0 Å². The van der Waals surface area contributed by atoms with Gasteiger partial charge in [0.1, 0.15) is 5.54 Å². The number of fused-ring (bicyclic) bond motifs is 1. The molecule has 1 aromatic heterocycles. The van der Waals surface area contributed by atoms with Crippen LogP contribution in [-0.4, -0.2) is 23.5 Å². The van der Waals surface area contributed by atoms with Crippen molar-refractivity contribution in [1.82, 2.24) is 4.98 Å². The van der Waals surface area contributed by atoms with Crippen LogP contribution in [0.25, 0.3) is 0 Å². The van der Waals surface area contributed by atoms with Crippen LogP contribution >= 0.6 is 15.9 Å². The van der Waals surface area contributed by atoms with E-state index in [-0.39, 0.29) is 5.54 Å². The van der Waals surface area contributed by atoms with Crippen molar-refractivity contribution in [1.29, 1.82) is 0 Å². The van der Waals surface area contributed by atoms with Crippen LogP contribution in [-0.2, 0) is 0 Å². The molecule has 15 heavy (non-hydrogen) atoms. The fourth-order valence-electron chi connectivity index (χ4n) is 1.53. The third-order valence-electron chi connectivity index (χ3n) is 2.20. The summed E-state index contributed by atoms with van der Waals surface area (Å²) in [7, 11) is 1.71. The first kappa shape index (κ1) is 10.4. The first-order valence-corrected chi connectivity index (χ1v) is 5.41. The zero-order valence-electron chi connectivity index (χ0n) is 8.84. The van der Waals surface area contributed by atoms with Gasteiger partial charge >= 0.3 is 0 Å². The molecule has 0 bridgehead atoms. The van der Waals surface area contributed by atoms with Gasteiger partial charge in [0.05, 0.1) is 5.69 Å². The summed E-state index contributed by atoms with van der Waals surface area (Å²) in [6.07, 6.45) is 1.70. The van der Waals surface area contributed by atoms with E-state index in [1.807, 2.05) is 19.9 Å². The van der Waals surface area contributed by atoms with E-state index in [0.29, 0.717) is 11.8 Å². The third kappa shape index (κ3) is 1.84. The Hall–Kier alpha value is -1.10. The maximum atomic E-state index is 5.61. The third-order valence-corrected chi connectivity index (χ3v) is 2.63. The summed E-state index contributed by atoms with van der Waals surface area (Å²) < 4.78 is 6.53. The summed E-state index contributed by atoms with van der Waals surface area (Å²) in [6.45, 7) is 4.03. The quantitative estimate of drug-likeness (QED) is 0.787. The molecule has 5 heteroatoms. The van der Waals surface area contributed by atoms with Gasteiger partial charge in [0.2, 0.25) is 11.8 Å². The van der Waals surface area contributed by atoms with Crippen molar-refractivity contribution in [2.24, 2.45) is 4.99 Å². The van der Waals surface area contributed by atoms with E-state index >= 15 is 0 Å². The second-order valence-electron chi connectivity index (χ2n) is 3.89. The Balaban J connectivity index is 2.47. The van der Waals surface area contributed by atoms with Crippen LogP contribution in [0.3, 0.4) is 0 Å². The second kappa shape index (κ2) is 3.48. The zero-order chi connectivity index (χ0) is 11.1. The van der Waals surface area contributed by atoms with Crippen molar-refractivity contribution < 1.29 is 4.74 Å². The fourth-order valence-corrected chi connectivity index (χ4v) is 1.86. The molecule has 4 nitrogen and oxygen atoms in total. The normalized spacial score (nSPS) is 20.4. The minimum Gasteiger partial charge on any atom is -0.420 e. The SMILES string of the molecule is CN=C1Oc2ncc(Br)cc2NC1(C)C. The van der Waals surface area contributed by atoms with E-state index in [2.05, 4.69) is 31.2 Å². The number of aromatic nitrogens is 1. The highest BCUT2D eigenvalue weighted by molar-refractivity contribution is 9.10. The Labute approximate surface area is 96.9 Å². The lowest BCUT2D eigenvalue weighted by atomic mass is 10.0. The molecule has 1 N–H and O–H groups in total. The average Bonchev–Trinajstić information content (AvgIpc) is 2.15. The molecule has 0 saturated heterocycles. The summed E-state index contributed by atoms with van der Waals surface area (Å²) in [5, 5.41) is 3.33. The molecule has 0 fully saturated rings. The van der Waals surface area contributed by atoms with Gasteiger partial charge in [-0.15, -0.1) is 0 Å². The van der Waals surface area contributed by atoms with Crippen molar-refractivity contribution in [3.05, 3.63) is 16.7 Å². The molecule has 0 atom stereocenters. The lowest BCUT2D eigenvalue weighted by Gasteiger charge is -2.33. The number of pyridine rings is 1. The van der Waals surface area contributed by atoms with Crippen LogP contribution < -0.4 is 10.1 Å². The molecule has 0 spiro atoms. The molecule has 80 valence electrons. The largest absolute Gasteiger partial charge is 0.420 e. The van der Waals surface area contributed by atoms with Crippen LogP contribution in [0, 0.1) is 0 Å². The number of hydrogen-bond acceptors (Lipinski definition) is 4. The van der Waals surface area contributed by atoms with Crippen molar-refractivity contribution in [2.75, 3.05) is 12.4 Å². The number of rotatable bonds is 0. The summed E-state index contributed by atoms with van der Waals surface area (Å²) in [5.41, 5.74) is 0.575. The molecule has 2 rings (SSSR count). The molecule has 0 amide bonds. The summed E-state index contributed by atoms with van der Waals surface area (Å²) in [4.78, 5) is 8.27. The first-order chi connectivity index (χ1) is 7.03. The summed E-state index contributed by atoms with van der Waals surface area (Å²) in [6, 6.07) is 1.94. The van der Waals surface area contributed by atoms with Crippen molar-refractivity contribution in [3.63, 3.8) is 0 Å². The number of ether oxygens (including phenoxy) is 1. The first-order valence-electron chi connectivity index (χ1n) is 4.62. The van der Waals surface area contributed by atoms with Crippen LogP contribution in [0.1, 0.15) is 13.8 Å². The van der Waals surface area contributed by atoms with E-state index < -0.39 is 0 Å². The van der Waals surface area contributed by atoms with Crippen LogP contribution in [0.2, 0.25) is 0 Å². The standard InChI is InChI=1S/C10H12BrN3O/c1-10(2)9(12-3)15-8-7(14-10)4-6(11)5-13-8/h4-5,14H,1-3H3. The van der Waals surface area contributed by atoms with Crippen molar-refractivity contribution in [3.8, 4) is 5.88 Å². The lowest BCUT2D eigenvalue weighted by Crippen LogP contribution is -2.46. The van der Waals surface area contributed by atoms with E-state index in [1.54, 1.807) is 13.2 Å². The van der Waals surface area contributed by atoms with Gasteiger partial charge in [-0.1, -0.05) is 0 Å². The van der Waals surface area contributed by atoms with Gasteiger partial charge in [0, 0.05) is 17.7 Å². The monoisotopic (exact) mass is 269 g/mol. The predicted molar refractivity (Wildman–Crippen MR) is 63.6 cm³/mol. The maximum Gasteiger partial charge on any atom is 0.244 e. The van der Waals surface area contributed by atoms with Gasteiger partial charge < -0.3 is 10.1 Å². The molecule has 0 aliphatic carbocycles. The molecule has 2 heterocycles. The van der Waals surface area contributed by atoms with Gasteiger partial charge in [-0.05, 0) is 35.8 Å². The Morgan fingerprint density at radius 1 is 1.53 bits per heavy atom. The maximum absolute atomic E-state index is 5.61. The topological polar surface area (TPSA) is 46.5 Å². The number of anilines is 1. The molecule has 1 aliphatic heterocycles. The van der Waals surface area contributed by atoms with Crippen LogP contribution in [0.5, 0.6) is 5.88 Å². The summed E-state index contributed by atoms with van der Waals surface area (Å²) >= 11 is 3.37. The second-order valence-corrected chi connectivity index (χ2v) is 4.80. The van der Waals surface area contributed by atoms with Gasteiger partial charge in [0.15, 0.2) is 0 Å². The number of nitrogens with zero attached hydrogens (tertiary/aromatic N) is 2. The lowest BCUT2D eigenvalue weighted by molar-refractivity contribution is 0.454. The molecule has 0 radical (unpaired) electrons. The predicted octanol–water partition coefficient (Wildman–Crippen LogP) is 2.46. The van der Waals surface area contributed by atoms with E-state index in [9.17, 15) is 0 Å². The van der Waals surface area contributed by atoms with Crippen molar-refractivity contribution in [2.45, 2.75) is 19.4 Å². The molecular formula is C10H12BrN3O. The van der Waals surface area contributed by atoms with Gasteiger partial charge in [-0.3, -0.25) is 4.99 Å². The number of halogens is 1. The van der Waals surface area contributed by atoms with Crippen molar-refractivity contribution >= 4 is 27.5 Å². The molecule has 1 aromatic rings. The van der Waals surface area contributed by atoms with Gasteiger partial charge in [0.25, 0.3) is 0 Å². The fraction of sp³-hybridized carbons (Fsp3) is 0.400. The smallest absolute Gasteiger partial charge is 0.244 e. The zero-order valence-corrected chi connectivity index (χ0v) is 10.4. The van der Waals surface area contributed by atoms with Gasteiger partial charge in [-0.2, -0.15) is 0 Å². The summed E-state index contributed by atoms with van der Waals surface area (Å²) in [5.74, 6) is 1.21. The number of aliphatic imine (C=N–C) groups is 1. The molecule has 0 aromatic carbocycles. The molecular weight excluding hydrogens is 258 g/mol. The molecule has 0 saturated carbocycles. The Kier molecular flexibility index (Phi) is 2.42. The Morgan fingerprint density at radius 3 is 2.93 bits per heavy atom. The minimum absolute atomic E-state index is 0.301. The highest BCUT2D eigenvalue weighted by atomic mass is 79.9. The minimum atomic E-state index is -0.301. The van der Waals surface area contributed by atoms with Gasteiger partial charge in [-0.25, -0.2) is 4.98 Å². The molecule has 1 aliphatic rings.